The zero-order chi connectivity index (χ0) is 29.1. The van der Waals surface area contributed by atoms with Crippen molar-refractivity contribution in [1.82, 2.24) is 4.57 Å². The number of amides is 3. The summed E-state index contributed by atoms with van der Waals surface area (Å²) in [5, 5.41) is 3.83. The lowest BCUT2D eigenvalue weighted by atomic mass is 9.87. The number of anilines is 2. The number of imide groups is 1. The Hall–Kier alpha value is -3.68. The smallest absolute Gasteiger partial charge is 0.325 e. The van der Waals surface area contributed by atoms with Crippen molar-refractivity contribution >= 4 is 63.5 Å². The minimum absolute atomic E-state index is 0.331. The Morgan fingerprint density at radius 1 is 0.976 bits per heavy atom. The van der Waals surface area contributed by atoms with Crippen LogP contribution in [0.1, 0.15) is 26.8 Å². The highest BCUT2D eigenvalue weighted by atomic mass is 32.2. The average molecular weight is 616 g/mol. The van der Waals surface area contributed by atoms with E-state index in [0.717, 1.165) is 40.8 Å². The van der Waals surface area contributed by atoms with Crippen LogP contribution in [0.2, 0.25) is 0 Å². The van der Waals surface area contributed by atoms with E-state index < -0.39 is 57.1 Å². The van der Waals surface area contributed by atoms with E-state index in [1.165, 1.54) is 28.0 Å². The molecule has 0 aliphatic carbocycles. The van der Waals surface area contributed by atoms with Crippen LogP contribution in [-0.4, -0.2) is 27.5 Å². The van der Waals surface area contributed by atoms with E-state index in [1.54, 1.807) is 29.6 Å². The van der Waals surface area contributed by atoms with Crippen molar-refractivity contribution in [2.45, 2.75) is 35.8 Å². The number of nitrogens with one attached hydrogen (secondary N) is 1. The minimum Gasteiger partial charge on any atom is -0.325 e. The summed E-state index contributed by atoms with van der Waals surface area (Å²) in [7, 11) is 0. The number of hydrogen-bond acceptors (Lipinski definition) is 7. The molecule has 7 nitrogen and oxygen atoms in total. The highest BCUT2D eigenvalue weighted by molar-refractivity contribution is 8.00. The Morgan fingerprint density at radius 3 is 2.39 bits per heavy atom. The average Bonchev–Trinajstić information content (AvgIpc) is 3.62. The molecule has 2 aliphatic heterocycles. The molecule has 0 bridgehead atoms. The fourth-order valence-corrected chi connectivity index (χ4v) is 8.88. The van der Waals surface area contributed by atoms with E-state index in [0.29, 0.717) is 25.4 Å². The summed E-state index contributed by atoms with van der Waals surface area (Å²) >= 11 is 3.16. The van der Waals surface area contributed by atoms with E-state index in [2.05, 4.69) is 5.32 Å². The molecule has 2 aromatic heterocycles. The molecule has 0 unspecified atom stereocenters. The third-order valence-corrected chi connectivity index (χ3v) is 10.5. The van der Waals surface area contributed by atoms with Crippen molar-refractivity contribution in [3.8, 4) is 0 Å². The van der Waals surface area contributed by atoms with E-state index >= 15 is 0 Å². The molecule has 0 spiro atoms. The second-order valence-corrected chi connectivity index (χ2v) is 12.7. The molecule has 1 N–H and O–H groups in total. The van der Waals surface area contributed by atoms with Gasteiger partial charge in [0.15, 0.2) is 0 Å². The van der Waals surface area contributed by atoms with Crippen LogP contribution >= 0.6 is 34.4 Å². The van der Waals surface area contributed by atoms with Crippen molar-refractivity contribution in [3.63, 3.8) is 0 Å². The molecule has 1 saturated heterocycles. The Morgan fingerprint density at radius 2 is 1.71 bits per heavy atom. The molecule has 210 valence electrons. The van der Waals surface area contributed by atoms with Gasteiger partial charge in [-0.2, -0.15) is 13.2 Å². The molecule has 4 aromatic rings. The van der Waals surface area contributed by atoms with Crippen LogP contribution < -0.4 is 15.1 Å². The zero-order valence-electron chi connectivity index (χ0n) is 21.2. The maximum Gasteiger partial charge on any atom is 0.418 e. The van der Waals surface area contributed by atoms with Gasteiger partial charge in [0.05, 0.1) is 22.2 Å². The van der Waals surface area contributed by atoms with Gasteiger partial charge in [-0.3, -0.25) is 23.7 Å². The first-order chi connectivity index (χ1) is 19.5. The number of thiazole rings is 1. The topological polar surface area (TPSA) is 88.5 Å². The van der Waals surface area contributed by atoms with Crippen molar-refractivity contribution < 1.29 is 27.6 Å². The van der Waals surface area contributed by atoms with E-state index in [1.807, 2.05) is 19.1 Å². The Bertz CT molecular complexity index is 1730. The number of carbonyl (C=O) groups excluding carboxylic acids is 3. The highest BCUT2D eigenvalue weighted by Crippen LogP contribution is 2.55. The molecule has 3 atom stereocenters. The van der Waals surface area contributed by atoms with Crippen LogP contribution in [0.25, 0.3) is 0 Å². The van der Waals surface area contributed by atoms with Gasteiger partial charge in [-0.15, -0.1) is 11.3 Å². The number of alkyl halides is 3. The van der Waals surface area contributed by atoms with Crippen LogP contribution in [0.15, 0.2) is 75.9 Å². The molecule has 2 aromatic carbocycles. The predicted octanol–water partition coefficient (Wildman–Crippen LogP) is 5.73. The first-order valence-electron chi connectivity index (χ1n) is 12.4. The summed E-state index contributed by atoms with van der Waals surface area (Å²) in [4.78, 5) is 55.0. The van der Waals surface area contributed by atoms with E-state index in [4.69, 9.17) is 0 Å². The fraction of sp³-hybridized carbons (Fsp3) is 0.214. The summed E-state index contributed by atoms with van der Waals surface area (Å²) in [5.74, 6) is -3.75. The molecule has 3 amide bonds. The summed E-state index contributed by atoms with van der Waals surface area (Å²) < 4.78 is 42.9. The third-order valence-electron chi connectivity index (χ3n) is 6.99. The number of benzene rings is 2. The third kappa shape index (κ3) is 4.81. The number of aryl methyl sites for hydroxylation is 1. The first-order valence-corrected chi connectivity index (χ1v) is 15.0. The minimum atomic E-state index is -4.78. The number of fused-ring (bicyclic) bond motifs is 2. The van der Waals surface area contributed by atoms with E-state index in [-0.39, 0.29) is 6.54 Å². The molecular weight excluding hydrogens is 596 g/mol. The van der Waals surface area contributed by atoms with Gasteiger partial charge in [-0.05, 0) is 42.6 Å². The molecule has 41 heavy (non-hydrogen) atoms. The second-order valence-electron chi connectivity index (χ2n) is 9.62. The zero-order valence-corrected chi connectivity index (χ0v) is 23.6. The van der Waals surface area contributed by atoms with Gasteiger partial charge in [0.25, 0.3) is 0 Å². The van der Waals surface area contributed by atoms with E-state index in [9.17, 15) is 32.3 Å². The molecule has 0 saturated carbocycles. The SMILES string of the molecule is Cc1ccc(NC(=O)Cn2c3c(sc2=O)[C@@H](c2cccs2)[C@@H]2C(=O)N(c4ccccc4C(F)(F)F)C(=O)[C@@H]2S3)cc1. The van der Waals surface area contributed by atoms with Crippen LogP contribution in [0.3, 0.4) is 0 Å². The van der Waals surface area contributed by atoms with Gasteiger partial charge in [0.1, 0.15) is 11.8 Å². The fourth-order valence-electron chi connectivity index (χ4n) is 5.16. The number of para-hydroxylation sites is 1. The summed E-state index contributed by atoms with van der Waals surface area (Å²) in [6.45, 7) is 1.58. The number of thiophene rings is 1. The Labute approximate surface area is 243 Å². The largest absolute Gasteiger partial charge is 0.418 e. The molecule has 6 rings (SSSR count). The summed E-state index contributed by atoms with van der Waals surface area (Å²) in [5.41, 5.74) is -0.0394. The van der Waals surface area contributed by atoms with Crippen molar-refractivity contribution in [3.05, 3.63) is 96.6 Å². The van der Waals surface area contributed by atoms with Crippen LogP contribution in [0.4, 0.5) is 24.5 Å². The lowest BCUT2D eigenvalue weighted by molar-refractivity contribution is -0.137. The van der Waals surface area contributed by atoms with Gasteiger partial charge in [0, 0.05) is 21.4 Å². The summed E-state index contributed by atoms with van der Waals surface area (Å²) in [6, 6.07) is 15.2. The highest BCUT2D eigenvalue weighted by Gasteiger charge is 2.58. The monoisotopic (exact) mass is 615 g/mol. The molecule has 2 aliphatic rings. The molecule has 1 fully saturated rings. The standard InChI is InChI=1S/C28H20F3N3O4S3/c1-14-8-10-15(11-9-14)32-19(35)13-33-26-23(41-27(33)38)20(18-7-4-12-39-18)21-22(40-26)25(37)34(24(21)36)17-6-3-2-5-16(17)28(29,30)31/h2-12,20-22H,13H2,1H3,(H,32,35)/t20-,21-,22+/m0/s1. The number of aromatic nitrogens is 1. The molecule has 13 heteroatoms. The van der Waals surface area contributed by atoms with Crippen molar-refractivity contribution in [2.75, 3.05) is 10.2 Å². The number of rotatable bonds is 5. The molecular formula is C28H20F3N3O4S3. The number of nitrogens with zero attached hydrogens (tertiary/aromatic N) is 2. The molecule has 4 heterocycles. The molecule has 0 radical (unpaired) electrons. The first kappa shape index (κ1) is 27.5. The maximum absolute atomic E-state index is 13.9. The summed E-state index contributed by atoms with van der Waals surface area (Å²) in [6.07, 6.45) is -4.78. The number of hydrogen-bond donors (Lipinski definition) is 1. The van der Waals surface area contributed by atoms with Gasteiger partial charge in [-0.25, -0.2) is 4.90 Å². The number of thioether (sulfide) groups is 1. The lowest BCUT2D eigenvalue weighted by Gasteiger charge is -2.29. The maximum atomic E-state index is 13.9. The normalized spacial score (nSPS) is 20.2. The van der Waals surface area contributed by atoms with Gasteiger partial charge in [0.2, 0.25) is 17.7 Å². The predicted molar refractivity (Wildman–Crippen MR) is 152 cm³/mol. The van der Waals surface area contributed by atoms with Crippen molar-refractivity contribution in [1.29, 1.82) is 0 Å². The van der Waals surface area contributed by atoms with Crippen LogP contribution in [-0.2, 0) is 27.1 Å². The van der Waals surface area contributed by atoms with Crippen LogP contribution in [0, 0.1) is 12.8 Å². The van der Waals surface area contributed by atoms with Gasteiger partial charge >= 0.3 is 11.0 Å². The van der Waals surface area contributed by atoms with Crippen molar-refractivity contribution in [2.24, 2.45) is 5.92 Å². The van der Waals surface area contributed by atoms with Gasteiger partial charge < -0.3 is 5.32 Å². The lowest BCUT2D eigenvalue weighted by Crippen LogP contribution is -2.33. The quantitative estimate of drug-likeness (QED) is 0.290. The Balaban J connectivity index is 1.40. The Kier molecular flexibility index (Phi) is 6.91. The second kappa shape index (κ2) is 10.3. The van der Waals surface area contributed by atoms with Gasteiger partial charge in [-0.1, -0.05) is 59.0 Å². The number of halogens is 3. The van der Waals surface area contributed by atoms with Crippen LogP contribution in [0.5, 0.6) is 0 Å². The number of carbonyl (C=O) groups is 3.